The lowest BCUT2D eigenvalue weighted by Crippen LogP contribution is -2.14. The number of aromatic nitrogens is 2. The average molecular weight is 326 g/mol. The molecule has 1 aromatic carbocycles. The second-order valence-corrected chi connectivity index (χ2v) is 4.76. The fourth-order valence-corrected chi connectivity index (χ4v) is 2.02. The number of nitro benzene ring substituents is 1. The number of hydrogen-bond acceptors (Lipinski definition) is 5. The lowest BCUT2D eigenvalue weighted by molar-refractivity contribution is -0.384. The summed E-state index contributed by atoms with van der Waals surface area (Å²) in [5.74, 6) is 0.163. The van der Waals surface area contributed by atoms with Crippen molar-refractivity contribution < 1.29 is 18.1 Å². The van der Waals surface area contributed by atoms with E-state index in [2.05, 4.69) is 15.5 Å². The number of nitrogens with one attached hydrogen (secondary N) is 1. The smallest absolute Gasteiger partial charge is 0.362 e. The summed E-state index contributed by atoms with van der Waals surface area (Å²) in [5, 5.41) is 20.4. The Balaban J connectivity index is 2.19. The predicted octanol–water partition coefficient (Wildman–Crippen LogP) is 3.97. The van der Waals surface area contributed by atoms with E-state index in [-0.39, 0.29) is 17.5 Å². The fraction of sp³-hybridized carbons (Fsp3) is 0.286. The summed E-state index contributed by atoms with van der Waals surface area (Å²) < 4.78 is 37.3. The Morgan fingerprint density at radius 2 is 2.00 bits per heavy atom. The first-order chi connectivity index (χ1) is 10.8. The Morgan fingerprint density at radius 1 is 1.26 bits per heavy atom. The maximum absolute atomic E-state index is 12.4. The summed E-state index contributed by atoms with van der Waals surface area (Å²) in [6.07, 6.45) is -3.99. The van der Waals surface area contributed by atoms with Crippen molar-refractivity contribution >= 4 is 11.5 Å². The van der Waals surface area contributed by atoms with Gasteiger partial charge in [-0.3, -0.25) is 10.1 Å². The van der Waals surface area contributed by atoms with E-state index >= 15 is 0 Å². The third kappa shape index (κ3) is 4.15. The lowest BCUT2D eigenvalue weighted by Gasteiger charge is -2.17. The highest BCUT2D eigenvalue weighted by Gasteiger charge is 2.32. The minimum Gasteiger partial charge on any atom is -0.362 e. The van der Waals surface area contributed by atoms with E-state index in [0.717, 1.165) is 6.07 Å². The summed E-state index contributed by atoms with van der Waals surface area (Å²) >= 11 is 0. The molecule has 1 aromatic heterocycles. The zero-order valence-electron chi connectivity index (χ0n) is 12.0. The van der Waals surface area contributed by atoms with Crippen molar-refractivity contribution in [2.45, 2.75) is 25.6 Å². The highest BCUT2D eigenvalue weighted by Crippen LogP contribution is 2.28. The molecule has 6 nitrogen and oxygen atoms in total. The number of rotatable bonds is 5. The van der Waals surface area contributed by atoms with Crippen LogP contribution in [0.5, 0.6) is 0 Å². The van der Waals surface area contributed by atoms with E-state index < -0.39 is 16.8 Å². The summed E-state index contributed by atoms with van der Waals surface area (Å²) in [6, 6.07) is 7.71. The molecule has 0 radical (unpaired) electrons. The Hall–Kier alpha value is -2.71. The monoisotopic (exact) mass is 326 g/mol. The van der Waals surface area contributed by atoms with Crippen molar-refractivity contribution in [3.8, 4) is 0 Å². The van der Waals surface area contributed by atoms with Gasteiger partial charge in [-0.05, 0) is 24.1 Å². The third-order valence-corrected chi connectivity index (χ3v) is 3.17. The van der Waals surface area contributed by atoms with Gasteiger partial charge in [-0.15, -0.1) is 10.2 Å². The van der Waals surface area contributed by atoms with Gasteiger partial charge < -0.3 is 5.32 Å². The molecule has 0 aliphatic carbocycles. The van der Waals surface area contributed by atoms with Crippen LogP contribution in [0.4, 0.5) is 24.7 Å². The maximum Gasteiger partial charge on any atom is 0.435 e. The molecule has 23 heavy (non-hydrogen) atoms. The molecule has 1 unspecified atom stereocenters. The van der Waals surface area contributed by atoms with Crippen LogP contribution >= 0.6 is 0 Å². The molecular formula is C14H13F3N4O2. The molecule has 122 valence electrons. The van der Waals surface area contributed by atoms with Crippen LogP contribution < -0.4 is 5.32 Å². The van der Waals surface area contributed by atoms with Gasteiger partial charge in [0.05, 0.1) is 11.0 Å². The molecule has 0 fully saturated rings. The topological polar surface area (TPSA) is 81.0 Å². The quantitative estimate of drug-likeness (QED) is 0.664. The highest BCUT2D eigenvalue weighted by molar-refractivity contribution is 5.41. The average Bonchev–Trinajstić information content (AvgIpc) is 2.52. The molecule has 0 spiro atoms. The first kappa shape index (κ1) is 16.7. The summed E-state index contributed by atoms with van der Waals surface area (Å²) in [5.41, 5.74) is -0.490. The van der Waals surface area contributed by atoms with Crippen molar-refractivity contribution in [2.24, 2.45) is 0 Å². The molecule has 0 aliphatic heterocycles. The molecule has 2 aromatic rings. The Morgan fingerprint density at radius 3 is 2.52 bits per heavy atom. The molecule has 9 heteroatoms. The number of anilines is 1. The minimum atomic E-state index is -4.55. The van der Waals surface area contributed by atoms with Crippen LogP contribution in [0.25, 0.3) is 0 Å². The van der Waals surface area contributed by atoms with Crippen LogP contribution in [0.1, 0.15) is 30.6 Å². The largest absolute Gasteiger partial charge is 0.435 e. The standard InChI is InChI=1S/C14H13F3N4O2/c1-2-11(9-4-3-5-10(8-9)21(22)23)18-13-7-6-12(19-20-13)14(15,16)17/h3-8,11H,2H2,1H3,(H,18,20). The van der Waals surface area contributed by atoms with Crippen molar-refractivity contribution in [1.29, 1.82) is 0 Å². The number of non-ortho nitro benzene ring substituents is 1. The first-order valence-corrected chi connectivity index (χ1v) is 6.73. The molecular weight excluding hydrogens is 313 g/mol. The van der Waals surface area contributed by atoms with Crippen molar-refractivity contribution in [2.75, 3.05) is 5.32 Å². The molecule has 0 saturated heterocycles. The van der Waals surface area contributed by atoms with Gasteiger partial charge in [0.15, 0.2) is 5.69 Å². The Labute approximate surface area is 129 Å². The number of benzene rings is 1. The second-order valence-electron chi connectivity index (χ2n) is 4.76. The molecule has 0 bridgehead atoms. The van der Waals surface area contributed by atoms with Crippen molar-refractivity contribution in [3.05, 3.63) is 57.8 Å². The second kappa shape index (κ2) is 6.59. The number of nitrogens with zero attached hydrogens (tertiary/aromatic N) is 3. The highest BCUT2D eigenvalue weighted by atomic mass is 19.4. The Kier molecular flexibility index (Phi) is 4.77. The predicted molar refractivity (Wildman–Crippen MR) is 76.8 cm³/mol. The molecule has 0 amide bonds. The summed E-state index contributed by atoms with van der Waals surface area (Å²) in [4.78, 5) is 10.3. The number of nitro groups is 1. The molecule has 0 saturated carbocycles. The number of halogens is 3. The van der Waals surface area contributed by atoms with E-state index in [0.29, 0.717) is 12.0 Å². The summed E-state index contributed by atoms with van der Waals surface area (Å²) in [7, 11) is 0. The zero-order chi connectivity index (χ0) is 17.0. The maximum atomic E-state index is 12.4. The first-order valence-electron chi connectivity index (χ1n) is 6.73. The van der Waals surface area contributed by atoms with Gasteiger partial charge in [-0.1, -0.05) is 19.1 Å². The van der Waals surface area contributed by atoms with E-state index in [1.54, 1.807) is 12.1 Å². The lowest BCUT2D eigenvalue weighted by atomic mass is 10.0. The van der Waals surface area contributed by atoms with E-state index in [4.69, 9.17) is 0 Å². The molecule has 2 rings (SSSR count). The van der Waals surface area contributed by atoms with Gasteiger partial charge in [0.2, 0.25) is 0 Å². The SMILES string of the molecule is CCC(Nc1ccc(C(F)(F)F)nn1)c1cccc([N+](=O)[O-])c1. The van der Waals surface area contributed by atoms with Gasteiger partial charge in [-0.25, -0.2) is 0 Å². The zero-order valence-corrected chi connectivity index (χ0v) is 12.0. The van der Waals surface area contributed by atoms with Crippen LogP contribution in [-0.4, -0.2) is 15.1 Å². The molecule has 1 atom stereocenters. The van der Waals surface area contributed by atoms with Crippen LogP contribution in [-0.2, 0) is 6.18 Å². The van der Waals surface area contributed by atoms with Crippen LogP contribution in [0.15, 0.2) is 36.4 Å². The minimum absolute atomic E-state index is 0.0544. The van der Waals surface area contributed by atoms with Crippen LogP contribution in [0.2, 0.25) is 0 Å². The van der Waals surface area contributed by atoms with Gasteiger partial charge in [0.25, 0.3) is 5.69 Å². The van der Waals surface area contributed by atoms with Gasteiger partial charge in [0, 0.05) is 12.1 Å². The Bertz CT molecular complexity index is 689. The third-order valence-electron chi connectivity index (χ3n) is 3.17. The van der Waals surface area contributed by atoms with E-state index in [1.165, 1.54) is 18.2 Å². The summed E-state index contributed by atoms with van der Waals surface area (Å²) in [6.45, 7) is 1.84. The number of alkyl halides is 3. The van der Waals surface area contributed by atoms with E-state index in [1.807, 2.05) is 6.92 Å². The van der Waals surface area contributed by atoms with Crippen LogP contribution in [0, 0.1) is 10.1 Å². The van der Waals surface area contributed by atoms with E-state index in [9.17, 15) is 23.3 Å². The normalized spacial score (nSPS) is 12.7. The van der Waals surface area contributed by atoms with Crippen LogP contribution in [0.3, 0.4) is 0 Å². The number of hydrogen-bond donors (Lipinski definition) is 1. The van der Waals surface area contributed by atoms with Gasteiger partial charge >= 0.3 is 6.18 Å². The molecule has 0 aliphatic rings. The van der Waals surface area contributed by atoms with Gasteiger partial charge in [0.1, 0.15) is 5.82 Å². The van der Waals surface area contributed by atoms with Crippen molar-refractivity contribution in [3.63, 3.8) is 0 Å². The molecule has 1 N–H and O–H groups in total. The molecule has 1 heterocycles. The van der Waals surface area contributed by atoms with Crippen molar-refractivity contribution in [1.82, 2.24) is 10.2 Å². The fourth-order valence-electron chi connectivity index (χ4n) is 2.02. The van der Waals surface area contributed by atoms with Gasteiger partial charge in [-0.2, -0.15) is 13.2 Å².